The number of hydrogen-bond acceptors (Lipinski definition) is 2. The molecule has 0 aliphatic heterocycles. The third-order valence-corrected chi connectivity index (χ3v) is 4.35. The quantitative estimate of drug-likeness (QED) is 0.673. The molecule has 0 unspecified atom stereocenters. The molecule has 0 bridgehead atoms. The molecule has 0 radical (unpaired) electrons. The van der Waals surface area contributed by atoms with Crippen molar-refractivity contribution in [1.29, 1.82) is 0 Å². The Labute approximate surface area is 85.6 Å². The summed E-state index contributed by atoms with van der Waals surface area (Å²) < 4.78 is 0. The fourth-order valence-corrected chi connectivity index (χ4v) is 3.37. The first-order valence-electron chi connectivity index (χ1n) is 5.49. The van der Waals surface area contributed by atoms with Gasteiger partial charge in [0, 0.05) is 5.41 Å². The molecule has 2 fully saturated rings. The normalized spacial score (nSPS) is 38.9. The van der Waals surface area contributed by atoms with Gasteiger partial charge in [-0.05, 0) is 43.9 Å². The minimum atomic E-state index is -0.181. The lowest BCUT2D eigenvalue weighted by Gasteiger charge is -2.41. The van der Waals surface area contributed by atoms with Gasteiger partial charge in [-0.2, -0.15) is 0 Å². The van der Waals surface area contributed by atoms with Crippen LogP contribution in [0.25, 0.3) is 0 Å². The van der Waals surface area contributed by atoms with Crippen molar-refractivity contribution in [2.45, 2.75) is 26.2 Å². The summed E-state index contributed by atoms with van der Waals surface area (Å²) in [6.07, 6.45) is 3.22. The van der Waals surface area contributed by atoms with E-state index in [1.165, 1.54) is 12.0 Å². The maximum absolute atomic E-state index is 9.32. The van der Waals surface area contributed by atoms with E-state index in [0.29, 0.717) is 11.8 Å². The van der Waals surface area contributed by atoms with Crippen molar-refractivity contribution in [2.24, 2.45) is 23.2 Å². The van der Waals surface area contributed by atoms with Crippen molar-refractivity contribution in [1.82, 2.24) is 0 Å². The number of allylic oxidation sites excluding steroid dienone is 1. The van der Waals surface area contributed by atoms with Crippen LogP contribution in [-0.2, 0) is 0 Å². The molecule has 3 atom stereocenters. The van der Waals surface area contributed by atoms with E-state index in [9.17, 15) is 10.2 Å². The molecule has 0 amide bonds. The Morgan fingerprint density at radius 2 is 2.00 bits per heavy atom. The Bertz CT molecular complexity index is 243. The second-order valence-corrected chi connectivity index (χ2v) is 5.34. The summed E-state index contributed by atoms with van der Waals surface area (Å²) in [6, 6.07) is 0. The van der Waals surface area contributed by atoms with Gasteiger partial charge >= 0.3 is 0 Å². The molecular weight excluding hydrogens is 176 g/mol. The predicted octanol–water partition coefficient (Wildman–Crippen LogP) is 1.58. The molecule has 0 spiro atoms. The lowest BCUT2D eigenvalue weighted by atomic mass is 9.64. The zero-order valence-corrected chi connectivity index (χ0v) is 8.87. The minimum Gasteiger partial charge on any atom is -0.396 e. The van der Waals surface area contributed by atoms with Crippen molar-refractivity contribution in [3.05, 3.63) is 12.2 Å². The molecule has 0 saturated heterocycles. The van der Waals surface area contributed by atoms with Crippen LogP contribution in [-0.4, -0.2) is 23.4 Å². The Kier molecular flexibility index (Phi) is 2.44. The summed E-state index contributed by atoms with van der Waals surface area (Å²) >= 11 is 0. The topological polar surface area (TPSA) is 40.5 Å². The zero-order chi connectivity index (χ0) is 10.3. The fraction of sp³-hybridized carbons (Fsp3) is 0.833. The first kappa shape index (κ1) is 10.2. The van der Waals surface area contributed by atoms with Crippen LogP contribution >= 0.6 is 0 Å². The summed E-state index contributed by atoms with van der Waals surface area (Å²) in [5.74, 6) is 2.07. The van der Waals surface area contributed by atoms with Crippen molar-refractivity contribution < 1.29 is 10.2 Å². The molecule has 2 aliphatic rings. The predicted molar refractivity (Wildman–Crippen MR) is 55.7 cm³/mol. The largest absolute Gasteiger partial charge is 0.396 e. The summed E-state index contributed by atoms with van der Waals surface area (Å²) in [4.78, 5) is 0. The van der Waals surface area contributed by atoms with Crippen LogP contribution in [0.5, 0.6) is 0 Å². The van der Waals surface area contributed by atoms with E-state index >= 15 is 0 Å². The number of rotatable bonds is 3. The lowest BCUT2D eigenvalue weighted by molar-refractivity contribution is 0.0567. The average Bonchev–Trinajstić information content (AvgIpc) is 2.42. The van der Waals surface area contributed by atoms with Gasteiger partial charge in [0.1, 0.15) is 0 Å². The molecule has 2 nitrogen and oxygen atoms in total. The summed E-state index contributed by atoms with van der Waals surface area (Å²) in [7, 11) is 0. The molecule has 80 valence electrons. The first-order chi connectivity index (χ1) is 6.62. The number of aliphatic hydroxyl groups is 2. The van der Waals surface area contributed by atoms with E-state index in [1.807, 2.05) is 0 Å². The molecule has 0 aromatic heterocycles. The van der Waals surface area contributed by atoms with Gasteiger partial charge in [-0.25, -0.2) is 0 Å². The summed E-state index contributed by atoms with van der Waals surface area (Å²) in [6.45, 7) is 6.38. The van der Waals surface area contributed by atoms with E-state index < -0.39 is 0 Å². The van der Waals surface area contributed by atoms with Crippen LogP contribution in [0.1, 0.15) is 26.2 Å². The van der Waals surface area contributed by atoms with Gasteiger partial charge in [-0.1, -0.05) is 12.2 Å². The molecule has 2 saturated carbocycles. The molecule has 2 aliphatic carbocycles. The van der Waals surface area contributed by atoms with E-state index in [1.54, 1.807) is 0 Å². The fourth-order valence-electron chi connectivity index (χ4n) is 3.37. The smallest absolute Gasteiger partial charge is 0.0509 e. The standard InChI is InChI=1S/C12H20O2/c1-8(2)10-3-9-4-12(6-13,7-14)5-11(9)10/h9-11,13-14H,1,3-7H2,2H3/t9-,10-,11+/m1/s1. The Morgan fingerprint density at radius 1 is 1.36 bits per heavy atom. The SMILES string of the molecule is C=C(C)[C@H]1C[C@@H]2CC(CO)(CO)C[C@@H]21. The van der Waals surface area contributed by atoms with E-state index in [4.69, 9.17) is 0 Å². The zero-order valence-electron chi connectivity index (χ0n) is 8.87. The van der Waals surface area contributed by atoms with Gasteiger partial charge in [-0.3, -0.25) is 0 Å². The van der Waals surface area contributed by atoms with Crippen molar-refractivity contribution >= 4 is 0 Å². The van der Waals surface area contributed by atoms with Gasteiger partial charge in [-0.15, -0.1) is 0 Å². The second kappa shape index (κ2) is 3.35. The Morgan fingerprint density at radius 3 is 2.50 bits per heavy atom. The van der Waals surface area contributed by atoms with Crippen LogP contribution in [0.2, 0.25) is 0 Å². The summed E-state index contributed by atoms with van der Waals surface area (Å²) in [5.41, 5.74) is 1.09. The number of aliphatic hydroxyl groups excluding tert-OH is 2. The van der Waals surface area contributed by atoms with Crippen molar-refractivity contribution in [3.8, 4) is 0 Å². The number of fused-ring (bicyclic) bond motifs is 1. The molecular formula is C12H20O2. The Balaban J connectivity index is 2.04. The second-order valence-electron chi connectivity index (χ2n) is 5.34. The first-order valence-corrected chi connectivity index (χ1v) is 5.49. The highest BCUT2D eigenvalue weighted by molar-refractivity contribution is 5.12. The highest BCUT2D eigenvalue weighted by atomic mass is 16.3. The minimum absolute atomic E-state index is 0.138. The van der Waals surface area contributed by atoms with E-state index in [-0.39, 0.29) is 18.6 Å². The lowest BCUT2D eigenvalue weighted by Crippen LogP contribution is -2.32. The highest BCUT2D eigenvalue weighted by Gasteiger charge is 2.53. The third-order valence-electron chi connectivity index (χ3n) is 4.35. The number of hydrogen-bond donors (Lipinski definition) is 2. The Hall–Kier alpha value is -0.340. The summed E-state index contributed by atoms with van der Waals surface area (Å²) in [5, 5.41) is 18.6. The van der Waals surface area contributed by atoms with Crippen molar-refractivity contribution in [2.75, 3.05) is 13.2 Å². The van der Waals surface area contributed by atoms with Crippen LogP contribution in [0.4, 0.5) is 0 Å². The van der Waals surface area contributed by atoms with Crippen LogP contribution in [0, 0.1) is 23.2 Å². The van der Waals surface area contributed by atoms with Crippen LogP contribution in [0.15, 0.2) is 12.2 Å². The molecule has 14 heavy (non-hydrogen) atoms. The highest BCUT2D eigenvalue weighted by Crippen LogP contribution is 2.59. The van der Waals surface area contributed by atoms with Crippen LogP contribution in [0.3, 0.4) is 0 Å². The van der Waals surface area contributed by atoms with Gasteiger partial charge in [0.05, 0.1) is 13.2 Å². The average molecular weight is 196 g/mol. The molecule has 0 aromatic rings. The third kappa shape index (κ3) is 1.32. The van der Waals surface area contributed by atoms with Gasteiger partial charge in [0.25, 0.3) is 0 Å². The van der Waals surface area contributed by atoms with Crippen LogP contribution < -0.4 is 0 Å². The monoisotopic (exact) mass is 196 g/mol. The van der Waals surface area contributed by atoms with E-state index in [0.717, 1.165) is 18.8 Å². The van der Waals surface area contributed by atoms with Gasteiger partial charge < -0.3 is 10.2 Å². The molecule has 0 heterocycles. The maximum Gasteiger partial charge on any atom is 0.0509 e. The van der Waals surface area contributed by atoms with Crippen molar-refractivity contribution in [3.63, 3.8) is 0 Å². The maximum atomic E-state index is 9.32. The molecule has 0 aromatic carbocycles. The molecule has 2 N–H and O–H groups in total. The molecule has 2 heteroatoms. The molecule has 2 rings (SSSR count). The van der Waals surface area contributed by atoms with E-state index in [2.05, 4.69) is 13.5 Å². The van der Waals surface area contributed by atoms with Gasteiger partial charge in [0.2, 0.25) is 0 Å². The van der Waals surface area contributed by atoms with Gasteiger partial charge in [0.15, 0.2) is 0 Å².